The number of aromatic nitrogens is 2. The molecule has 0 saturated carbocycles. The molecule has 0 fully saturated rings. The van der Waals surface area contributed by atoms with Gasteiger partial charge < -0.3 is 0 Å². The van der Waals surface area contributed by atoms with Crippen LogP contribution in [0, 0.1) is 10.1 Å². The Morgan fingerprint density at radius 2 is 2.04 bits per heavy atom. The summed E-state index contributed by atoms with van der Waals surface area (Å²) in [5, 5.41) is 19.1. The monoisotopic (exact) mass is 321 g/mol. The molecule has 0 aliphatic heterocycles. The van der Waals surface area contributed by atoms with Crippen molar-refractivity contribution in [1.29, 1.82) is 0 Å². The maximum Gasteiger partial charge on any atom is 0.271 e. The smallest absolute Gasteiger partial charge is 0.271 e. The van der Waals surface area contributed by atoms with Gasteiger partial charge in [-0.25, -0.2) is 0 Å². The predicted molar refractivity (Wildman–Crippen MR) is 92.1 cm³/mol. The number of nitrogens with zero attached hydrogens (tertiary/aromatic N) is 4. The van der Waals surface area contributed by atoms with E-state index >= 15 is 0 Å². The van der Waals surface area contributed by atoms with Crippen molar-refractivity contribution in [3.63, 3.8) is 0 Å². The first-order chi connectivity index (χ1) is 11.7. The normalized spacial score (nSPS) is 10.8. The van der Waals surface area contributed by atoms with Crippen LogP contribution in [0.5, 0.6) is 0 Å². The van der Waals surface area contributed by atoms with E-state index in [2.05, 4.69) is 15.6 Å². The van der Waals surface area contributed by atoms with Crippen LogP contribution in [-0.2, 0) is 6.54 Å². The summed E-state index contributed by atoms with van der Waals surface area (Å²) >= 11 is 0. The second kappa shape index (κ2) is 7.19. The van der Waals surface area contributed by atoms with Crippen molar-refractivity contribution in [3.8, 4) is 0 Å². The second-order valence-corrected chi connectivity index (χ2v) is 5.13. The SMILES string of the molecule is O=[N+]([O-])c1cccc(N/N=C\c2cnn(Cc3ccccc3)c2)c1. The first-order valence-corrected chi connectivity index (χ1v) is 7.30. The van der Waals surface area contributed by atoms with Crippen molar-refractivity contribution in [3.05, 3.63) is 88.2 Å². The van der Waals surface area contributed by atoms with Crippen LogP contribution in [0.4, 0.5) is 11.4 Å². The third kappa shape index (κ3) is 4.04. The van der Waals surface area contributed by atoms with E-state index in [4.69, 9.17) is 0 Å². The highest BCUT2D eigenvalue weighted by Gasteiger charge is 2.04. The highest BCUT2D eigenvalue weighted by atomic mass is 16.6. The summed E-state index contributed by atoms with van der Waals surface area (Å²) in [4.78, 5) is 10.3. The van der Waals surface area contributed by atoms with E-state index in [1.54, 1.807) is 24.5 Å². The predicted octanol–water partition coefficient (Wildman–Crippen LogP) is 3.29. The van der Waals surface area contributed by atoms with E-state index in [0.717, 1.165) is 5.56 Å². The van der Waals surface area contributed by atoms with Gasteiger partial charge in [0.2, 0.25) is 0 Å². The number of benzene rings is 2. The lowest BCUT2D eigenvalue weighted by molar-refractivity contribution is -0.384. The fraction of sp³-hybridized carbons (Fsp3) is 0.0588. The van der Waals surface area contributed by atoms with Gasteiger partial charge in [0.15, 0.2) is 0 Å². The van der Waals surface area contributed by atoms with Gasteiger partial charge in [0, 0.05) is 23.9 Å². The molecule has 0 aliphatic rings. The van der Waals surface area contributed by atoms with Crippen molar-refractivity contribution >= 4 is 17.6 Å². The molecule has 7 nitrogen and oxygen atoms in total. The van der Waals surface area contributed by atoms with Crippen LogP contribution in [0.2, 0.25) is 0 Å². The Balaban J connectivity index is 1.61. The molecule has 0 saturated heterocycles. The lowest BCUT2D eigenvalue weighted by Gasteiger charge is -2.00. The molecular formula is C17H15N5O2. The molecule has 0 atom stereocenters. The average molecular weight is 321 g/mol. The molecule has 1 N–H and O–H groups in total. The van der Waals surface area contributed by atoms with Crippen LogP contribution < -0.4 is 5.43 Å². The fourth-order valence-corrected chi connectivity index (χ4v) is 2.17. The van der Waals surface area contributed by atoms with E-state index < -0.39 is 4.92 Å². The first-order valence-electron chi connectivity index (χ1n) is 7.30. The Labute approximate surface area is 138 Å². The number of nitro benzene ring substituents is 1. The van der Waals surface area contributed by atoms with E-state index in [0.29, 0.717) is 12.2 Å². The van der Waals surface area contributed by atoms with Crippen molar-refractivity contribution in [1.82, 2.24) is 9.78 Å². The highest BCUT2D eigenvalue weighted by molar-refractivity contribution is 5.79. The number of hydrogen-bond donors (Lipinski definition) is 1. The van der Waals surface area contributed by atoms with Gasteiger partial charge in [-0.15, -0.1) is 0 Å². The van der Waals surface area contributed by atoms with E-state index in [-0.39, 0.29) is 5.69 Å². The summed E-state index contributed by atoms with van der Waals surface area (Å²) in [6.45, 7) is 0.687. The molecule has 0 radical (unpaired) electrons. The van der Waals surface area contributed by atoms with Gasteiger partial charge in [-0.05, 0) is 11.6 Å². The third-order valence-electron chi connectivity index (χ3n) is 3.30. The zero-order valence-electron chi connectivity index (χ0n) is 12.7. The third-order valence-corrected chi connectivity index (χ3v) is 3.30. The summed E-state index contributed by atoms with van der Waals surface area (Å²) < 4.78 is 1.82. The van der Waals surface area contributed by atoms with Gasteiger partial charge in [0.25, 0.3) is 5.69 Å². The molecule has 7 heteroatoms. The summed E-state index contributed by atoms with van der Waals surface area (Å²) in [5.41, 5.74) is 5.35. The quantitative estimate of drug-likeness (QED) is 0.429. The topological polar surface area (TPSA) is 85.3 Å². The molecular weight excluding hydrogens is 306 g/mol. The second-order valence-electron chi connectivity index (χ2n) is 5.13. The Morgan fingerprint density at radius 1 is 1.21 bits per heavy atom. The molecule has 0 aliphatic carbocycles. The van der Waals surface area contributed by atoms with Crippen molar-refractivity contribution < 1.29 is 4.92 Å². The number of rotatable bonds is 6. The maximum absolute atomic E-state index is 10.7. The molecule has 1 heterocycles. The lowest BCUT2D eigenvalue weighted by atomic mass is 10.2. The van der Waals surface area contributed by atoms with Gasteiger partial charge in [-0.2, -0.15) is 10.2 Å². The number of nitro groups is 1. The molecule has 1 aromatic heterocycles. The number of hydrogen-bond acceptors (Lipinski definition) is 5. The van der Waals surface area contributed by atoms with E-state index in [9.17, 15) is 10.1 Å². The molecule has 2 aromatic carbocycles. The Hall–Kier alpha value is -3.48. The van der Waals surface area contributed by atoms with Crippen LogP contribution in [0.3, 0.4) is 0 Å². The molecule has 120 valence electrons. The molecule has 3 aromatic rings. The Kier molecular flexibility index (Phi) is 4.62. The number of nitrogens with one attached hydrogen (secondary N) is 1. The van der Waals surface area contributed by atoms with Crippen molar-refractivity contribution in [2.45, 2.75) is 6.54 Å². The average Bonchev–Trinajstić information content (AvgIpc) is 3.03. The molecule has 3 rings (SSSR count). The molecule has 0 unspecified atom stereocenters. The highest BCUT2D eigenvalue weighted by Crippen LogP contribution is 2.16. The van der Waals surface area contributed by atoms with Crippen LogP contribution in [0.1, 0.15) is 11.1 Å². The summed E-state index contributed by atoms with van der Waals surface area (Å²) in [5.74, 6) is 0. The minimum Gasteiger partial charge on any atom is -0.278 e. The minimum atomic E-state index is -0.442. The summed E-state index contributed by atoms with van der Waals surface area (Å²) in [6, 6.07) is 16.2. The number of hydrazone groups is 1. The zero-order valence-corrected chi connectivity index (χ0v) is 12.7. The molecule has 0 spiro atoms. The standard InChI is InChI=1S/C17H15N5O2/c23-22(24)17-8-4-7-16(9-17)20-18-10-15-11-19-21(13-15)12-14-5-2-1-3-6-14/h1-11,13,20H,12H2/b18-10-. The minimum absolute atomic E-state index is 0.0193. The Morgan fingerprint density at radius 3 is 2.83 bits per heavy atom. The van der Waals surface area contributed by atoms with Gasteiger partial charge in [-0.3, -0.25) is 20.2 Å². The fourth-order valence-electron chi connectivity index (χ4n) is 2.17. The molecule has 0 amide bonds. The van der Waals surface area contributed by atoms with Gasteiger partial charge in [-0.1, -0.05) is 36.4 Å². The van der Waals surface area contributed by atoms with E-state index in [1.165, 1.54) is 17.7 Å². The van der Waals surface area contributed by atoms with Crippen LogP contribution in [0.25, 0.3) is 0 Å². The Bertz CT molecular complexity index is 858. The number of non-ortho nitro benzene ring substituents is 1. The maximum atomic E-state index is 10.7. The molecule has 24 heavy (non-hydrogen) atoms. The van der Waals surface area contributed by atoms with Crippen molar-refractivity contribution in [2.75, 3.05) is 5.43 Å². The lowest BCUT2D eigenvalue weighted by Crippen LogP contribution is -1.99. The molecule has 0 bridgehead atoms. The van der Waals surface area contributed by atoms with Crippen molar-refractivity contribution in [2.24, 2.45) is 5.10 Å². The van der Waals surface area contributed by atoms with Gasteiger partial charge in [0.1, 0.15) is 0 Å². The summed E-state index contributed by atoms with van der Waals surface area (Å²) in [6.07, 6.45) is 5.21. The van der Waals surface area contributed by atoms with E-state index in [1.807, 2.05) is 41.2 Å². The van der Waals surface area contributed by atoms with Crippen LogP contribution >= 0.6 is 0 Å². The van der Waals surface area contributed by atoms with Crippen LogP contribution in [-0.4, -0.2) is 20.9 Å². The largest absolute Gasteiger partial charge is 0.278 e. The zero-order chi connectivity index (χ0) is 16.8. The summed E-state index contributed by atoms with van der Waals surface area (Å²) in [7, 11) is 0. The van der Waals surface area contributed by atoms with Crippen LogP contribution in [0.15, 0.2) is 72.1 Å². The van der Waals surface area contributed by atoms with Gasteiger partial charge >= 0.3 is 0 Å². The number of anilines is 1. The first kappa shape index (κ1) is 15.4. The van der Waals surface area contributed by atoms with Gasteiger partial charge in [0.05, 0.1) is 29.6 Å².